The van der Waals surface area contributed by atoms with Crippen molar-refractivity contribution >= 4 is 29.0 Å². The summed E-state index contributed by atoms with van der Waals surface area (Å²) in [6.07, 6.45) is 6.88. The average Bonchev–Trinajstić information content (AvgIpc) is 2.94. The van der Waals surface area contributed by atoms with Crippen molar-refractivity contribution in [2.45, 2.75) is 13.5 Å². The van der Waals surface area contributed by atoms with Gasteiger partial charge in [-0.25, -0.2) is 0 Å². The van der Waals surface area contributed by atoms with Crippen LogP contribution < -0.4 is 9.47 Å². The molecule has 2 aromatic rings. The zero-order chi connectivity index (χ0) is 20.1. The van der Waals surface area contributed by atoms with Crippen LogP contribution in [-0.2, 0) is 11.3 Å². The second-order valence-electron chi connectivity index (χ2n) is 6.16. The van der Waals surface area contributed by atoms with Crippen molar-refractivity contribution in [2.75, 3.05) is 13.7 Å². The molecule has 1 fully saturated rings. The highest BCUT2D eigenvalue weighted by atomic mass is 32.2. The Labute approximate surface area is 168 Å². The average molecular weight is 393 g/mol. The van der Waals surface area contributed by atoms with Crippen molar-refractivity contribution in [3.63, 3.8) is 0 Å². The van der Waals surface area contributed by atoms with Gasteiger partial charge < -0.3 is 9.47 Å². The molecule has 5 nitrogen and oxygen atoms in total. The Bertz CT molecular complexity index is 990. The molecule has 0 saturated carbocycles. The van der Waals surface area contributed by atoms with Gasteiger partial charge in [-0.1, -0.05) is 41.8 Å². The fraction of sp³-hybridized carbons (Fsp3) is 0.182. The first-order chi connectivity index (χ1) is 13.5. The molecule has 1 saturated heterocycles. The van der Waals surface area contributed by atoms with Crippen LogP contribution in [0.25, 0.3) is 6.08 Å². The van der Waals surface area contributed by atoms with Gasteiger partial charge in [0.1, 0.15) is 6.61 Å². The van der Waals surface area contributed by atoms with Gasteiger partial charge in [-0.15, -0.1) is 6.42 Å². The third kappa shape index (κ3) is 4.38. The lowest BCUT2D eigenvalue weighted by atomic mass is 10.1. The molecule has 1 aliphatic heterocycles. The van der Waals surface area contributed by atoms with Crippen LogP contribution in [0.1, 0.15) is 16.7 Å². The number of amides is 2. The van der Waals surface area contributed by atoms with Crippen molar-refractivity contribution in [3.8, 4) is 23.8 Å². The molecule has 0 unspecified atom stereocenters. The maximum atomic E-state index is 12.7. The van der Waals surface area contributed by atoms with E-state index in [9.17, 15) is 9.59 Å². The number of benzene rings is 2. The van der Waals surface area contributed by atoms with Crippen molar-refractivity contribution in [1.29, 1.82) is 0 Å². The molecule has 0 N–H and O–H groups in total. The highest BCUT2D eigenvalue weighted by molar-refractivity contribution is 8.18. The van der Waals surface area contributed by atoms with Gasteiger partial charge in [-0.05, 0) is 48.0 Å². The summed E-state index contributed by atoms with van der Waals surface area (Å²) < 4.78 is 10.7. The van der Waals surface area contributed by atoms with Gasteiger partial charge in [0.2, 0.25) is 0 Å². The molecular weight excluding hydrogens is 374 g/mol. The molecule has 2 amide bonds. The van der Waals surface area contributed by atoms with Crippen LogP contribution in [-0.4, -0.2) is 29.8 Å². The lowest BCUT2D eigenvalue weighted by molar-refractivity contribution is -0.123. The standard InChI is InChI=1S/C22H19NO4S/c1-4-10-27-18-9-8-16(12-19(18)26-3)13-20-21(24)23(22(25)28-20)14-17-7-5-6-15(2)11-17/h1,5-9,11-13H,10,14H2,2-3H3/b20-13-. The van der Waals surface area contributed by atoms with E-state index in [0.29, 0.717) is 16.4 Å². The first kappa shape index (κ1) is 19.6. The third-order valence-corrected chi connectivity index (χ3v) is 5.00. The number of aryl methyl sites for hydroxylation is 1. The van der Waals surface area contributed by atoms with Crippen molar-refractivity contribution in [2.24, 2.45) is 0 Å². The fourth-order valence-electron chi connectivity index (χ4n) is 2.79. The molecule has 0 spiro atoms. The van der Waals surface area contributed by atoms with Crippen LogP contribution >= 0.6 is 11.8 Å². The highest BCUT2D eigenvalue weighted by Crippen LogP contribution is 2.35. The molecular formula is C22H19NO4S. The number of nitrogens with zero attached hydrogens (tertiary/aromatic N) is 1. The van der Waals surface area contributed by atoms with Crippen molar-refractivity contribution < 1.29 is 19.1 Å². The maximum Gasteiger partial charge on any atom is 0.293 e. The van der Waals surface area contributed by atoms with E-state index in [-0.39, 0.29) is 24.3 Å². The van der Waals surface area contributed by atoms with Crippen LogP contribution in [0.4, 0.5) is 4.79 Å². The van der Waals surface area contributed by atoms with Crippen molar-refractivity contribution in [1.82, 2.24) is 4.90 Å². The number of methoxy groups -OCH3 is 1. The molecule has 142 valence electrons. The summed E-state index contributed by atoms with van der Waals surface area (Å²) in [4.78, 5) is 26.7. The molecule has 0 aromatic heterocycles. The molecule has 6 heteroatoms. The van der Waals surface area contributed by atoms with Gasteiger partial charge in [-0.2, -0.15) is 0 Å². The molecule has 3 rings (SSSR count). The Hall–Kier alpha value is -3.17. The van der Waals surface area contributed by atoms with Crippen LogP contribution in [0.3, 0.4) is 0 Å². The quantitative estimate of drug-likeness (QED) is 0.542. The molecule has 28 heavy (non-hydrogen) atoms. The predicted molar refractivity (Wildman–Crippen MR) is 110 cm³/mol. The summed E-state index contributed by atoms with van der Waals surface area (Å²) in [5, 5.41) is -0.279. The van der Waals surface area contributed by atoms with Crippen LogP contribution in [0.5, 0.6) is 11.5 Å². The summed E-state index contributed by atoms with van der Waals surface area (Å²) in [6.45, 7) is 2.36. The van der Waals surface area contributed by atoms with Crippen LogP contribution in [0, 0.1) is 19.3 Å². The monoisotopic (exact) mass is 393 g/mol. The second kappa shape index (κ2) is 8.68. The second-order valence-corrected chi connectivity index (χ2v) is 7.15. The summed E-state index contributed by atoms with van der Waals surface area (Å²) in [6, 6.07) is 13.0. The van der Waals surface area contributed by atoms with Gasteiger partial charge in [-0.3, -0.25) is 14.5 Å². The van der Waals surface area contributed by atoms with E-state index in [4.69, 9.17) is 15.9 Å². The number of carbonyl (C=O) groups excluding carboxylic acids is 2. The van der Waals surface area contributed by atoms with E-state index in [1.54, 1.807) is 24.3 Å². The zero-order valence-electron chi connectivity index (χ0n) is 15.6. The number of imide groups is 1. The van der Waals surface area contributed by atoms with E-state index >= 15 is 0 Å². The van der Waals surface area contributed by atoms with Crippen LogP contribution in [0.2, 0.25) is 0 Å². The first-order valence-corrected chi connectivity index (χ1v) is 9.38. The molecule has 2 aromatic carbocycles. The number of hydrogen-bond donors (Lipinski definition) is 0. The third-order valence-electron chi connectivity index (χ3n) is 4.09. The molecule has 1 heterocycles. The van der Waals surface area contributed by atoms with E-state index in [0.717, 1.165) is 28.5 Å². The largest absolute Gasteiger partial charge is 0.493 e. The summed E-state index contributed by atoms with van der Waals surface area (Å²) in [5.41, 5.74) is 2.73. The minimum absolute atomic E-state index is 0.132. The van der Waals surface area contributed by atoms with E-state index < -0.39 is 0 Å². The van der Waals surface area contributed by atoms with Gasteiger partial charge in [0.25, 0.3) is 11.1 Å². The minimum atomic E-state index is -0.303. The Morgan fingerprint density at radius 3 is 2.71 bits per heavy atom. The normalized spacial score (nSPS) is 15.0. The number of carbonyl (C=O) groups is 2. The van der Waals surface area contributed by atoms with E-state index in [2.05, 4.69) is 5.92 Å². The number of thioether (sulfide) groups is 1. The van der Waals surface area contributed by atoms with E-state index in [1.165, 1.54) is 12.0 Å². The zero-order valence-corrected chi connectivity index (χ0v) is 16.4. The number of ether oxygens (including phenoxy) is 2. The highest BCUT2D eigenvalue weighted by Gasteiger charge is 2.35. The first-order valence-electron chi connectivity index (χ1n) is 8.57. The summed E-state index contributed by atoms with van der Waals surface area (Å²) in [5.74, 6) is 3.12. The molecule has 1 aliphatic rings. The predicted octanol–water partition coefficient (Wildman–Crippen LogP) is 4.25. The molecule has 0 radical (unpaired) electrons. The number of hydrogen-bond acceptors (Lipinski definition) is 5. The fourth-order valence-corrected chi connectivity index (χ4v) is 3.63. The molecule has 0 bridgehead atoms. The Kier molecular flexibility index (Phi) is 6.07. The maximum absolute atomic E-state index is 12.7. The van der Waals surface area contributed by atoms with Gasteiger partial charge >= 0.3 is 0 Å². The van der Waals surface area contributed by atoms with Gasteiger partial charge in [0, 0.05) is 0 Å². The molecule has 0 atom stereocenters. The summed E-state index contributed by atoms with van der Waals surface area (Å²) in [7, 11) is 1.53. The lowest BCUT2D eigenvalue weighted by Crippen LogP contribution is -2.27. The Morgan fingerprint density at radius 1 is 1.18 bits per heavy atom. The minimum Gasteiger partial charge on any atom is -0.493 e. The lowest BCUT2D eigenvalue weighted by Gasteiger charge is -2.12. The van der Waals surface area contributed by atoms with Crippen LogP contribution in [0.15, 0.2) is 47.4 Å². The summed E-state index contributed by atoms with van der Waals surface area (Å²) >= 11 is 0.932. The SMILES string of the molecule is C#CCOc1ccc(/C=C2\SC(=O)N(Cc3cccc(C)c3)C2=O)cc1OC. The Balaban J connectivity index is 1.80. The van der Waals surface area contributed by atoms with Gasteiger partial charge in [0.05, 0.1) is 18.6 Å². The smallest absolute Gasteiger partial charge is 0.293 e. The number of rotatable bonds is 6. The van der Waals surface area contributed by atoms with E-state index in [1.807, 2.05) is 31.2 Å². The topological polar surface area (TPSA) is 55.8 Å². The Morgan fingerprint density at radius 2 is 2.00 bits per heavy atom. The van der Waals surface area contributed by atoms with Crippen molar-refractivity contribution in [3.05, 3.63) is 64.1 Å². The number of terminal acetylenes is 1. The van der Waals surface area contributed by atoms with Gasteiger partial charge in [0.15, 0.2) is 11.5 Å². The molecule has 0 aliphatic carbocycles.